The fraction of sp³-hybridized carbons (Fsp3) is 1.00. The van der Waals surface area contributed by atoms with E-state index in [2.05, 4.69) is 6.92 Å². The normalized spacial score (nSPS) is 31.2. The van der Waals surface area contributed by atoms with Crippen molar-refractivity contribution in [3.05, 3.63) is 0 Å². The molecule has 106 valence electrons. The molecule has 2 fully saturated rings. The van der Waals surface area contributed by atoms with Crippen LogP contribution in [0.25, 0.3) is 0 Å². The smallest absolute Gasteiger partial charge is 0.157 e. The molecule has 0 aliphatic carbocycles. The van der Waals surface area contributed by atoms with E-state index >= 15 is 0 Å². The molecule has 0 aromatic carbocycles. The maximum Gasteiger partial charge on any atom is 0.157 e. The molecule has 0 N–H and O–H groups in total. The van der Waals surface area contributed by atoms with Crippen LogP contribution in [0, 0.1) is 5.92 Å². The Morgan fingerprint density at radius 1 is 0.889 bits per heavy atom. The first kappa shape index (κ1) is 14.3. The minimum Gasteiger partial charge on any atom is -0.353 e. The van der Waals surface area contributed by atoms with Gasteiger partial charge in [-0.25, -0.2) is 0 Å². The van der Waals surface area contributed by atoms with Gasteiger partial charge in [0.2, 0.25) is 0 Å². The van der Waals surface area contributed by atoms with Crippen molar-refractivity contribution in [3.8, 4) is 0 Å². The highest BCUT2D eigenvalue weighted by atomic mass is 16.7. The molecule has 18 heavy (non-hydrogen) atoms. The maximum absolute atomic E-state index is 5.74. The quantitative estimate of drug-likeness (QED) is 0.734. The summed E-state index contributed by atoms with van der Waals surface area (Å²) < 4.78 is 22.6. The molecule has 2 unspecified atom stereocenters. The van der Waals surface area contributed by atoms with Gasteiger partial charge in [-0.1, -0.05) is 6.92 Å². The summed E-state index contributed by atoms with van der Waals surface area (Å²) in [7, 11) is 0. The Morgan fingerprint density at radius 2 is 1.39 bits per heavy atom. The van der Waals surface area contributed by atoms with Gasteiger partial charge in [0.25, 0.3) is 0 Å². The third kappa shape index (κ3) is 5.22. The van der Waals surface area contributed by atoms with Crippen molar-refractivity contribution in [3.63, 3.8) is 0 Å². The van der Waals surface area contributed by atoms with Gasteiger partial charge in [-0.15, -0.1) is 0 Å². The summed E-state index contributed by atoms with van der Waals surface area (Å²) in [6.07, 6.45) is 6.82. The van der Waals surface area contributed by atoms with Crippen LogP contribution < -0.4 is 0 Å². The first-order valence-electron chi connectivity index (χ1n) is 7.31. The van der Waals surface area contributed by atoms with Crippen molar-refractivity contribution in [2.75, 3.05) is 26.4 Å². The van der Waals surface area contributed by atoms with E-state index in [0.29, 0.717) is 19.1 Å². The third-order valence-electron chi connectivity index (χ3n) is 3.41. The topological polar surface area (TPSA) is 36.9 Å². The number of hydrogen-bond acceptors (Lipinski definition) is 4. The lowest BCUT2D eigenvalue weighted by molar-refractivity contribution is -0.189. The molecule has 0 amide bonds. The van der Waals surface area contributed by atoms with Crippen molar-refractivity contribution in [1.29, 1.82) is 0 Å². The predicted molar refractivity (Wildman–Crippen MR) is 68.3 cm³/mol. The van der Waals surface area contributed by atoms with Gasteiger partial charge < -0.3 is 18.9 Å². The molecule has 2 heterocycles. The lowest BCUT2D eigenvalue weighted by Crippen LogP contribution is -2.28. The molecule has 0 radical (unpaired) electrons. The largest absolute Gasteiger partial charge is 0.353 e. The van der Waals surface area contributed by atoms with Gasteiger partial charge in [0.1, 0.15) is 0 Å². The molecule has 4 heteroatoms. The highest BCUT2D eigenvalue weighted by Gasteiger charge is 2.18. The Morgan fingerprint density at radius 3 is 1.78 bits per heavy atom. The Bertz CT molecular complexity index is 188. The zero-order valence-electron chi connectivity index (χ0n) is 11.4. The van der Waals surface area contributed by atoms with Crippen LogP contribution in [0.1, 0.15) is 45.4 Å². The van der Waals surface area contributed by atoms with E-state index < -0.39 is 0 Å². The lowest BCUT2D eigenvalue weighted by atomic mass is 10.2. The average molecular weight is 258 g/mol. The van der Waals surface area contributed by atoms with Gasteiger partial charge in [-0.3, -0.25) is 0 Å². The standard InChI is InChI=1S/C14H26O4/c1-12(10-17-13-6-2-4-8-15-13)11-18-14-7-3-5-9-16-14/h12-14H,2-11H2,1H3. The van der Waals surface area contributed by atoms with E-state index in [0.717, 1.165) is 38.9 Å². The van der Waals surface area contributed by atoms with Crippen molar-refractivity contribution >= 4 is 0 Å². The molecule has 2 rings (SSSR count). The minimum atomic E-state index is 0.00660. The zero-order chi connectivity index (χ0) is 12.6. The molecule has 2 aliphatic rings. The SMILES string of the molecule is CC(COC1CCCCO1)COC1CCCCO1. The molecule has 4 nitrogen and oxygen atoms in total. The van der Waals surface area contributed by atoms with Crippen LogP contribution in [0.2, 0.25) is 0 Å². The molecular formula is C14H26O4. The van der Waals surface area contributed by atoms with Gasteiger partial charge in [-0.2, -0.15) is 0 Å². The maximum atomic E-state index is 5.74. The van der Waals surface area contributed by atoms with Crippen LogP contribution in [0.4, 0.5) is 0 Å². The van der Waals surface area contributed by atoms with E-state index in [-0.39, 0.29) is 12.6 Å². The monoisotopic (exact) mass is 258 g/mol. The van der Waals surface area contributed by atoms with Gasteiger partial charge >= 0.3 is 0 Å². The molecule has 0 saturated carbocycles. The van der Waals surface area contributed by atoms with Crippen molar-refractivity contribution in [2.45, 2.75) is 58.0 Å². The van der Waals surface area contributed by atoms with Gasteiger partial charge in [-0.05, 0) is 38.5 Å². The van der Waals surface area contributed by atoms with Gasteiger partial charge in [0.05, 0.1) is 13.2 Å². The highest BCUT2D eigenvalue weighted by Crippen LogP contribution is 2.17. The summed E-state index contributed by atoms with van der Waals surface area (Å²) in [4.78, 5) is 0. The third-order valence-corrected chi connectivity index (χ3v) is 3.41. The van der Waals surface area contributed by atoms with Crippen molar-refractivity contribution in [2.24, 2.45) is 5.92 Å². The predicted octanol–water partition coefficient (Wildman–Crippen LogP) is 2.71. The molecule has 0 bridgehead atoms. The number of ether oxygens (including phenoxy) is 4. The van der Waals surface area contributed by atoms with Crippen LogP contribution in [0.5, 0.6) is 0 Å². The fourth-order valence-electron chi connectivity index (χ4n) is 2.28. The Kier molecular flexibility index (Phi) is 6.41. The van der Waals surface area contributed by atoms with Gasteiger partial charge in [0.15, 0.2) is 12.6 Å². The summed E-state index contributed by atoms with van der Waals surface area (Å²) in [6, 6.07) is 0. The number of hydrogen-bond donors (Lipinski definition) is 0. The van der Waals surface area contributed by atoms with E-state index in [1.54, 1.807) is 0 Å². The van der Waals surface area contributed by atoms with Gasteiger partial charge in [0, 0.05) is 19.1 Å². The minimum absolute atomic E-state index is 0.00660. The van der Waals surface area contributed by atoms with Crippen LogP contribution in [0.15, 0.2) is 0 Å². The summed E-state index contributed by atoms with van der Waals surface area (Å²) >= 11 is 0. The molecular weight excluding hydrogens is 232 g/mol. The Balaban J connectivity index is 1.52. The molecule has 0 aromatic rings. The van der Waals surface area contributed by atoms with E-state index in [4.69, 9.17) is 18.9 Å². The summed E-state index contributed by atoms with van der Waals surface area (Å²) in [6.45, 7) is 5.23. The van der Waals surface area contributed by atoms with E-state index in [1.165, 1.54) is 12.8 Å². The van der Waals surface area contributed by atoms with Crippen molar-refractivity contribution in [1.82, 2.24) is 0 Å². The second kappa shape index (κ2) is 8.10. The van der Waals surface area contributed by atoms with Crippen LogP contribution in [0.3, 0.4) is 0 Å². The Hall–Kier alpha value is -0.160. The Labute approximate surface area is 110 Å². The molecule has 2 atom stereocenters. The van der Waals surface area contributed by atoms with E-state index in [1.807, 2.05) is 0 Å². The molecule has 2 saturated heterocycles. The molecule has 2 aliphatic heterocycles. The highest BCUT2D eigenvalue weighted by molar-refractivity contribution is 4.58. The van der Waals surface area contributed by atoms with Crippen LogP contribution in [-0.4, -0.2) is 39.0 Å². The second-order valence-electron chi connectivity index (χ2n) is 5.36. The first-order valence-corrected chi connectivity index (χ1v) is 7.31. The summed E-state index contributed by atoms with van der Waals surface area (Å²) in [5.74, 6) is 0.390. The van der Waals surface area contributed by atoms with Crippen LogP contribution in [-0.2, 0) is 18.9 Å². The van der Waals surface area contributed by atoms with Crippen molar-refractivity contribution < 1.29 is 18.9 Å². The number of rotatable bonds is 6. The zero-order valence-corrected chi connectivity index (χ0v) is 11.4. The first-order chi connectivity index (χ1) is 8.84. The molecule has 0 aromatic heterocycles. The average Bonchev–Trinajstić information content (AvgIpc) is 2.45. The second-order valence-corrected chi connectivity index (χ2v) is 5.36. The van der Waals surface area contributed by atoms with E-state index in [9.17, 15) is 0 Å². The molecule has 0 spiro atoms. The van der Waals surface area contributed by atoms with Crippen LogP contribution >= 0.6 is 0 Å². The lowest BCUT2D eigenvalue weighted by Gasteiger charge is -2.26. The summed E-state index contributed by atoms with van der Waals surface area (Å²) in [5, 5.41) is 0. The fourth-order valence-corrected chi connectivity index (χ4v) is 2.28. The summed E-state index contributed by atoms with van der Waals surface area (Å²) in [5.41, 5.74) is 0.